The molecule has 1 aliphatic heterocycles. The maximum atomic E-state index is 12.2. The number of hydrogen-bond donors (Lipinski definition) is 1. The lowest BCUT2D eigenvalue weighted by Crippen LogP contribution is -2.42. The molecule has 1 aromatic carbocycles. The van der Waals surface area contributed by atoms with Gasteiger partial charge in [-0.3, -0.25) is 0 Å². The van der Waals surface area contributed by atoms with Crippen molar-refractivity contribution in [1.29, 1.82) is 0 Å². The van der Waals surface area contributed by atoms with Gasteiger partial charge in [0.2, 0.25) is 0 Å². The molecule has 1 heterocycles. The summed E-state index contributed by atoms with van der Waals surface area (Å²) in [4.78, 5) is 25.0. The zero-order chi connectivity index (χ0) is 18.2. The number of benzene rings is 1. The van der Waals surface area contributed by atoms with Crippen LogP contribution in [0.3, 0.4) is 0 Å². The Labute approximate surface area is 149 Å². The highest BCUT2D eigenvalue weighted by atomic mass is 16.6. The number of nitrogens with zero attached hydrogens (tertiary/aromatic N) is 1. The number of carbonyl (C=O) groups is 2. The molecule has 1 saturated carbocycles. The lowest BCUT2D eigenvalue weighted by atomic mass is 9.60. The summed E-state index contributed by atoms with van der Waals surface area (Å²) < 4.78 is 5.48. The summed E-state index contributed by atoms with van der Waals surface area (Å²) in [6.07, 6.45) is 4.10. The number of hydrogen-bond acceptors (Lipinski definition) is 3. The molecular formula is C20H27NO4. The average Bonchev–Trinajstić information content (AvgIpc) is 2.91. The summed E-state index contributed by atoms with van der Waals surface area (Å²) in [6.45, 7) is 7.27. The molecule has 5 heteroatoms. The third-order valence-corrected chi connectivity index (χ3v) is 5.26. The van der Waals surface area contributed by atoms with E-state index in [1.165, 1.54) is 5.56 Å². The normalized spacial score (nSPS) is 25.7. The van der Waals surface area contributed by atoms with Gasteiger partial charge in [-0.1, -0.05) is 12.1 Å². The molecule has 1 spiro atoms. The molecule has 3 rings (SSSR count). The molecule has 0 aromatic heterocycles. The van der Waals surface area contributed by atoms with E-state index < -0.39 is 11.6 Å². The van der Waals surface area contributed by atoms with E-state index in [2.05, 4.69) is 0 Å². The van der Waals surface area contributed by atoms with Crippen LogP contribution in [0.2, 0.25) is 0 Å². The molecular weight excluding hydrogens is 318 g/mol. The summed E-state index contributed by atoms with van der Waals surface area (Å²) >= 11 is 0. The highest BCUT2D eigenvalue weighted by Crippen LogP contribution is 2.52. The third-order valence-electron chi connectivity index (χ3n) is 5.26. The smallest absolute Gasteiger partial charge is 0.410 e. The zero-order valence-corrected chi connectivity index (χ0v) is 15.2. The first-order chi connectivity index (χ1) is 11.7. The minimum Gasteiger partial charge on any atom is -0.478 e. The van der Waals surface area contributed by atoms with Gasteiger partial charge in [-0.05, 0) is 75.5 Å². The monoisotopic (exact) mass is 345 g/mol. The van der Waals surface area contributed by atoms with Gasteiger partial charge in [0.1, 0.15) is 5.60 Å². The number of aromatic carboxylic acids is 1. The number of ether oxygens (including phenoxy) is 1. The second-order valence-electron chi connectivity index (χ2n) is 8.63. The van der Waals surface area contributed by atoms with Crippen LogP contribution in [0.1, 0.15) is 56.0 Å². The number of carbonyl (C=O) groups excluding carboxylic acids is 1. The van der Waals surface area contributed by atoms with Crippen LogP contribution in [0.25, 0.3) is 0 Å². The van der Waals surface area contributed by atoms with E-state index in [9.17, 15) is 9.59 Å². The van der Waals surface area contributed by atoms with Crippen molar-refractivity contribution in [1.82, 2.24) is 4.90 Å². The van der Waals surface area contributed by atoms with Gasteiger partial charge < -0.3 is 14.7 Å². The van der Waals surface area contributed by atoms with Gasteiger partial charge in [0.25, 0.3) is 0 Å². The fraction of sp³-hybridized carbons (Fsp3) is 0.600. The van der Waals surface area contributed by atoms with E-state index in [0.717, 1.165) is 38.8 Å². The SMILES string of the molecule is CC(C)(C)OC(=O)N1CCC2(CC(Cc3ccc(C(=O)O)cc3)C2)C1. The molecule has 1 amide bonds. The number of carboxylic acid groups (broad SMARTS) is 1. The molecule has 2 aliphatic rings. The summed E-state index contributed by atoms with van der Waals surface area (Å²) in [6, 6.07) is 7.17. The van der Waals surface area contributed by atoms with Crippen LogP contribution in [-0.2, 0) is 11.2 Å². The van der Waals surface area contributed by atoms with E-state index in [4.69, 9.17) is 9.84 Å². The van der Waals surface area contributed by atoms with E-state index in [1.54, 1.807) is 12.1 Å². The Hall–Kier alpha value is -2.04. The van der Waals surface area contributed by atoms with Gasteiger partial charge in [-0.25, -0.2) is 9.59 Å². The summed E-state index contributed by atoms with van der Waals surface area (Å²) in [5, 5.41) is 8.95. The standard InChI is InChI=1S/C20H27NO4/c1-19(2,3)25-18(24)21-9-8-20(13-21)11-15(12-20)10-14-4-6-16(7-5-14)17(22)23/h4-7,15H,8-13H2,1-3H3,(H,22,23). The Balaban J connectivity index is 1.49. The number of rotatable bonds is 3. The fourth-order valence-electron chi connectivity index (χ4n) is 4.18. The van der Waals surface area contributed by atoms with Gasteiger partial charge in [0.05, 0.1) is 5.56 Å². The molecule has 0 unspecified atom stereocenters. The van der Waals surface area contributed by atoms with Crippen molar-refractivity contribution < 1.29 is 19.4 Å². The minimum atomic E-state index is -0.887. The van der Waals surface area contributed by atoms with Crippen molar-refractivity contribution in [3.63, 3.8) is 0 Å². The van der Waals surface area contributed by atoms with Gasteiger partial charge in [-0.15, -0.1) is 0 Å². The van der Waals surface area contributed by atoms with Gasteiger partial charge in [0.15, 0.2) is 0 Å². The summed E-state index contributed by atoms with van der Waals surface area (Å²) in [5.74, 6) is -0.267. The Kier molecular flexibility index (Phi) is 4.52. The van der Waals surface area contributed by atoms with Crippen molar-refractivity contribution in [3.05, 3.63) is 35.4 Å². The third kappa shape index (κ3) is 4.14. The Morgan fingerprint density at radius 2 is 1.88 bits per heavy atom. The van der Waals surface area contributed by atoms with E-state index in [0.29, 0.717) is 11.5 Å². The van der Waals surface area contributed by atoms with Crippen molar-refractivity contribution in [2.24, 2.45) is 11.3 Å². The van der Waals surface area contributed by atoms with Crippen molar-refractivity contribution in [2.75, 3.05) is 13.1 Å². The molecule has 0 atom stereocenters. The molecule has 1 saturated heterocycles. The minimum absolute atomic E-state index is 0.197. The molecule has 0 radical (unpaired) electrons. The lowest BCUT2D eigenvalue weighted by Gasteiger charge is -2.45. The summed E-state index contributed by atoms with van der Waals surface area (Å²) in [5.41, 5.74) is 1.34. The Morgan fingerprint density at radius 3 is 2.44 bits per heavy atom. The molecule has 0 bridgehead atoms. The van der Waals surface area contributed by atoms with Crippen molar-refractivity contribution in [2.45, 2.75) is 52.1 Å². The first kappa shape index (κ1) is 17.8. The predicted molar refractivity (Wildman–Crippen MR) is 94.7 cm³/mol. The second kappa shape index (κ2) is 6.36. The number of likely N-dealkylation sites (tertiary alicyclic amines) is 1. The highest BCUT2D eigenvalue weighted by molar-refractivity contribution is 5.87. The quantitative estimate of drug-likeness (QED) is 0.900. The first-order valence-corrected chi connectivity index (χ1v) is 8.96. The molecule has 1 N–H and O–H groups in total. The maximum absolute atomic E-state index is 12.2. The van der Waals surface area contributed by atoms with Crippen LogP contribution in [0.5, 0.6) is 0 Å². The van der Waals surface area contributed by atoms with Gasteiger partial charge in [0, 0.05) is 13.1 Å². The molecule has 1 aromatic rings. The molecule has 1 aliphatic carbocycles. The van der Waals surface area contributed by atoms with Gasteiger partial charge >= 0.3 is 12.1 Å². The maximum Gasteiger partial charge on any atom is 0.410 e. The van der Waals surface area contributed by atoms with Crippen LogP contribution < -0.4 is 0 Å². The summed E-state index contributed by atoms with van der Waals surface area (Å²) in [7, 11) is 0. The topological polar surface area (TPSA) is 66.8 Å². The van der Waals surface area contributed by atoms with Crippen LogP contribution in [-0.4, -0.2) is 40.8 Å². The van der Waals surface area contributed by atoms with Crippen LogP contribution in [0.4, 0.5) is 4.79 Å². The van der Waals surface area contributed by atoms with Crippen molar-refractivity contribution in [3.8, 4) is 0 Å². The van der Waals surface area contributed by atoms with Crippen LogP contribution in [0.15, 0.2) is 24.3 Å². The largest absolute Gasteiger partial charge is 0.478 e. The predicted octanol–water partition coefficient (Wildman–Crippen LogP) is 3.96. The Morgan fingerprint density at radius 1 is 1.24 bits per heavy atom. The molecule has 25 heavy (non-hydrogen) atoms. The fourth-order valence-corrected chi connectivity index (χ4v) is 4.18. The van der Waals surface area contributed by atoms with E-state index >= 15 is 0 Å². The number of amides is 1. The number of carboxylic acids is 1. The molecule has 5 nitrogen and oxygen atoms in total. The Bertz CT molecular complexity index is 653. The van der Waals surface area contributed by atoms with Gasteiger partial charge in [-0.2, -0.15) is 0 Å². The second-order valence-corrected chi connectivity index (χ2v) is 8.63. The van der Waals surface area contributed by atoms with Crippen LogP contribution in [0, 0.1) is 11.3 Å². The zero-order valence-electron chi connectivity index (χ0n) is 15.2. The lowest BCUT2D eigenvalue weighted by molar-refractivity contribution is 0.0183. The first-order valence-electron chi connectivity index (χ1n) is 8.96. The van der Waals surface area contributed by atoms with E-state index in [-0.39, 0.29) is 11.5 Å². The van der Waals surface area contributed by atoms with Crippen LogP contribution >= 0.6 is 0 Å². The van der Waals surface area contributed by atoms with E-state index in [1.807, 2.05) is 37.8 Å². The molecule has 136 valence electrons. The average molecular weight is 345 g/mol. The highest BCUT2D eigenvalue weighted by Gasteiger charge is 2.49. The molecule has 2 fully saturated rings. The van der Waals surface area contributed by atoms with Crippen molar-refractivity contribution >= 4 is 12.1 Å².